The summed E-state index contributed by atoms with van der Waals surface area (Å²) in [5, 5.41) is 13.3. The Labute approximate surface area is 169 Å². The fourth-order valence-electron chi connectivity index (χ4n) is 4.75. The largest absolute Gasteiger partial charge is 0.325 e. The van der Waals surface area contributed by atoms with Gasteiger partial charge >= 0.3 is 6.03 Å². The molecule has 1 fully saturated rings. The summed E-state index contributed by atoms with van der Waals surface area (Å²) < 4.78 is 0. The number of rotatable bonds is 7. The monoisotopic (exact) mass is 379 g/mol. The Morgan fingerprint density at radius 1 is 1.14 bits per heavy atom. The summed E-state index contributed by atoms with van der Waals surface area (Å²) in [5.41, 5.74) is 3.74. The van der Waals surface area contributed by atoms with Crippen LogP contribution in [-0.4, -0.2) is 24.0 Å². The molecule has 1 spiro atoms. The number of hydrogen-bond acceptors (Lipinski definition) is 2. The van der Waals surface area contributed by atoms with Gasteiger partial charge in [-0.3, -0.25) is 0 Å². The standard InChI is InChI=1S/C24H33N3O/c1-3-5-15-27(16-6-4-2)23(28)26-22-20-12-8-7-11-19(20)17-24(21(22)18-25)13-9-10-14-24/h7-8,11-12H,3-6,9-10,13-17H2,1-2H3,(H,26,28). The molecule has 0 aromatic heterocycles. The number of nitrogens with zero attached hydrogens (tertiary/aromatic N) is 2. The highest BCUT2D eigenvalue weighted by molar-refractivity contribution is 5.89. The van der Waals surface area contributed by atoms with Crippen LogP contribution < -0.4 is 5.32 Å². The molecule has 1 aromatic rings. The first kappa shape index (κ1) is 20.5. The second kappa shape index (κ2) is 9.28. The minimum atomic E-state index is -0.0939. The molecule has 0 unspecified atom stereocenters. The number of fused-ring (bicyclic) bond motifs is 1. The second-order valence-electron chi connectivity index (χ2n) is 8.31. The molecule has 2 aliphatic carbocycles. The molecule has 0 atom stereocenters. The lowest BCUT2D eigenvalue weighted by Crippen LogP contribution is -2.42. The summed E-state index contributed by atoms with van der Waals surface area (Å²) in [6, 6.07) is 10.7. The van der Waals surface area contributed by atoms with Crippen LogP contribution in [0.2, 0.25) is 0 Å². The molecule has 4 nitrogen and oxygen atoms in total. The molecule has 3 rings (SSSR count). The van der Waals surface area contributed by atoms with Gasteiger partial charge in [-0.1, -0.05) is 63.8 Å². The average molecular weight is 380 g/mol. The Kier molecular flexibility index (Phi) is 6.78. The van der Waals surface area contributed by atoms with Crippen LogP contribution in [0.15, 0.2) is 29.8 Å². The topological polar surface area (TPSA) is 56.1 Å². The van der Waals surface area contributed by atoms with E-state index in [9.17, 15) is 10.1 Å². The van der Waals surface area contributed by atoms with Gasteiger partial charge in [-0.25, -0.2) is 4.79 Å². The summed E-state index contributed by atoms with van der Waals surface area (Å²) >= 11 is 0. The van der Waals surface area contributed by atoms with E-state index in [1.165, 1.54) is 5.56 Å². The van der Waals surface area contributed by atoms with Crippen LogP contribution in [0, 0.1) is 16.7 Å². The van der Waals surface area contributed by atoms with Gasteiger partial charge in [0.15, 0.2) is 0 Å². The van der Waals surface area contributed by atoms with Gasteiger partial charge in [0.05, 0.1) is 17.3 Å². The summed E-state index contributed by atoms with van der Waals surface area (Å²) in [6.45, 7) is 5.83. The number of nitrogens with one attached hydrogen (secondary N) is 1. The maximum Gasteiger partial charge on any atom is 0.321 e. The van der Waals surface area contributed by atoms with Crippen molar-refractivity contribution in [1.82, 2.24) is 10.2 Å². The minimum absolute atomic E-state index is 0.0606. The Balaban J connectivity index is 1.94. The van der Waals surface area contributed by atoms with Crippen LogP contribution in [0.1, 0.15) is 76.3 Å². The SMILES string of the molecule is CCCCN(CCCC)C(=O)NC1=C(C#N)C2(CCCC2)Cc2ccccc21. The zero-order valence-corrected chi connectivity index (χ0v) is 17.4. The highest BCUT2D eigenvalue weighted by atomic mass is 16.2. The van der Waals surface area contributed by atoms with Crippen LogP contribution in [0.5, 0.6) is 0 Å². The van der Waals surface area contributed by atoms with Crippen molar-refractivity contribution in [2.45, 2.75) is 71.6 Å². The number of hydrogen-bond donors (Lipinski definition) is 1. The van der Waals surface area contributed by atoms with Gasteiger partial charge in [0, 0.05) is 24.1 Å². The van der Waals surface area contributed by atoms with Gasteiger partial charge in [0.2, 0.25) is 0 Å². The fraction of sp³-hybridized carbons (Fsp3) is 0.583. The first-order valence-electron chi connectivity index (χ1n) is 10.9. The lowest BCUT2D eigenvalue weighted by molar-refractivity contribution is 0.200. The van der Waals surface area contributed by atoms with E-state index >= 15 is 0 Å². The molecule has 28 heavy (non-hydrogen) atoms. The van der Waals surface area contributed by atoms with Crippen molar-refractivity contribution in [3.8, 4) is 6.07 Å². The summed E-state index contributed by atoms with van der Waals surface area (Å²) in [6.07, 6.45) is 9.45. The van der Waals surface area contributed by atoms with Gasteiger partial charge in [-0.15, -0.1) is 0 Å². The third-order valence-corrected chi connectivity index (χ3v) is 6.35. The van der Waals surface area contributed by atoms with E-state index in [2.05, 4.69) is 37.4 Å². The van der Waals surface area contributed by atoms with Crippen molar-refractivity contribution in [2.75, 3.05) is 13.1 Å². The molecule has 2 aliphatic rings. The van der Waals surface area contributed by atoms with E-state index in [1.54, 1.807) is 0 Å². The maximum atomic E-state index is 13.2. The van der Waals surface area contributed by atoms with Crippen molar-refractivity contribution < 1.29 is 4.79 Å². The molecule has 1 N–H and O–H groups in total. The molecule has 150 valence electrons. The van der Waals surface area contributed by atoms with Crippen LogP contribution in [0.3, 0.4) is 0 Å². The van der Waals surface area contributed by atoms with E-state index in [0.717, 1.165) is 87.7 Å². The predicted octanol–water partition coefficient (Wildman–Crippen LogP) is 5.65. The number of benzene rings is 1. The number of allylic oxidation sites excluding steroid dienone is 1. The van der Waals surface area contributed by atoms with Crippen LogP contribution in [-0.2, 0) is 6.42 Å². The number of amides is 2. The van der Waals surface area contributed by atoms with E-state index in [1.807, 2.05) is 17.0 Å². The lowest BCUT2D eigenvalue weighted by Gasteiger charge is -2.36. The third kappa shape index (κ3) is 4.09. The van der Waals surface area contributed by atoms with Crippen molar-refractivity contribution in [3.05, 3.63) is 41.0 Å². The molecule has 0 heterocycles. The van der Waals surface area contributed by atoms with E-state index < -0.39 is 0 Å². The Hall–Kier alpha value is -2.28. The number of urea groups is 1. The van der Waals surface area contributed by atoms with E-state index in [0.29, 0.717) is 0 Å². The van der Waals surface area contributed by atoms with Crippen LogP contribution in [0.25, 0.3) is 5.70 Å². The zero-order chi connectivity index (χ0) is 20.0. The molecular formula is C24H33N3O. The van der Waals surface area contributed by atoms with Gasteiger partial charge in [-0.2, -0.15) is 5.26 Å². The van der Waals surface area contributed by atoms with Gasteiger partial charge in [0.25, 0.3) is 0 Å². The number of carbonyl (C=O) groups excluding carboxylic acids is 1. The first-order valence-corrected chi connectivity index (χ1v) is 10.9. The van der Waals surface area contributed by atoms with Crippen LogP contribution >= 0.6 is 0 Å². The Morgan fingerprint density at radius 2 is 1.79 bits per heavy atom. The molecular weight excluding hydrogens is 346 g/mol. The molecule has 4 heteroatoms. The molecule has 0 bridgehead atoms. The highest BCUT2D eigenvalue weighted by Crippen LogP contribution is 2.51. The average Bonchev–Trinajstić information content (AvgIpc) is 3.16. The van der Waals surface area contributed by atoms with E-state index in [-0.39, 0.29) is 11.4 Å². The van der Waals surface area contributed by atoms with Gasteiger partial charge < -0.3 is 10.2 Å². The molecule has 0 radical (unpaired) electrons. The number of carbonyl (C=O) groups is 1. The van der Waals surface area contributed by atoms with Crippen molar-refractivity contribution in [2.24, 2.45) is 5.41 Å². The lowest BCUT2D eigenvalue weighted by atomic mass is 9.68. The second-order valence-corrected chi connectivity index (χ2v) is 8.31. The van der Waals surface area contributed by atoms with Gasteiger partial charge in [-0.05, 0) is 37.7 Å². The van der Waals surface area contributed by atoms with E-state index in [4.69, 9.17) is 0 Å². The fourth-order valence-corrected chi connectivity index (χ4v) is 4.75. The quantitative estimate of drug-likeness (QED) is 0.665. The smallest absolute Gasteiger partial charge is 0.321 e. The molecule has 1 aromatic carbocycles. The normalized spacial score (nSPS) is 17.3. The Morgan fingerprint density at radius 3 is 2.39 bits per heavy atom. The van der Waals surface area contributed by atoms with Crippen molar-refractivity contribution in [3.63, 3.8) is 0 Å². The summed E-state index contributed by atoms with van der Waals surface area (Å²) in [7, 11) is 0. The molecule has 1 saturated carbocycles. The first-order chi connectivity index (χ1) is 13.6. The molecule has 0 aliphatic heterocycles. The van der Waals surface area contributed by atoms with Gasteiger partial charge in [0.1, 0.15) is 0 Å². The summed E-state index contributed by atoms with van der Waals surface area (Å²) in [4.78, 5) is 15.1. The third-order valence-electron chi connectivity index (χ3n) is 6.35. The molecule has 0 saturated heterocycles. The minimum Gasteiger partial charge on any atom is -0.325 e. The number of nitriles is 1. The predicted molar refractivity (Wildman–Crippen MR) is 114 cm³/mol. The Bertz CT molecular complexity index is 760. The molecule has 2 amide bonds. The van der Waals surface area contributed by atoms with Crippen molar-refractivity contribution >= 4 is 11.7 Å². The van der Waals surface area contributed by atoms with Crippen LogP contribution in [0.4, 0.5) is 4.79 Å². The number of unbranched alkanes of at least 4 members (excludes halogenated alkanes) is 2. The van der Waals surface area contributed by atoms with Crippen molar-refractivity contribution in [1.29, 1.82) is 5.26 Å². The zero-order valence-electron chi connectivity index (χ0n) is 17.4. The highest BCUT2D eigenvalue weighted by Gasteiger charge is 2.43. The summed E-state index contributed by atoms with van der Waals surface area (Å²) in [5.74, 6) is 0. The maximum absolute atomic E-state index is 13.2.